The summed E-state index contributed by atoms with van der Waals surface area (Å²) in [6, 6.07) is 3.24. The summed E-state index contributed by atoms with van der Waals surface area (Å²) in [5.74, 6) is 0.781. The van der Waals surface area contributed by atoms with Crippen LogP contribution in [0.15, 0.2) is 21.3 Å². The quantitative estimate of drug-likeness (QED) is 0.792. The van der Waals surface area contributed by atoms with Crippen molar-refractivity contribution in [3.05, 3.63) is 28.4 Å². The molecule has 7 heteroatoms. The average molecular weight is 235 g/mol. The molecule has 0 bridgehead atoms. The van der Waals surface area contributed by atoms with Gasteiger partial charge < -0.3 is 9.73 Å². The summed E-state index contributed by atoms with van der Waals surface area (Å²) in [4.78, 5) is 10.8. The SMILES string of the molecule is CC(C)NCc1nnc(-c2ccc(=O)[nH]n2)o1. The molecular weight excluding hydrogens is 222 g/mol. The highest BCUT2D eigenvalue weighted by atomic mass is 16.4. The van der Waals surface area contributed by atoms with Crippen LogP contribution in [0.4, 0.5) is 0 Å². The van der Waals surface area contributed by atoms with Gasteiger partial charge in [0.2, 0.25) is 5.89 Å². The van der Waals surface area contributed by atoms with Crippen molar-refractivity contribution in [1.82, 2.24) is 25.7 Å². The Morgan fingerprint density at radius 3 is 2.88 bits per heavy atom. The first-order valence-electron chi connectivity index (χ1n) is 5.27. The molecule has 0 fully saturated rings. The highest BCUT2D eigenvalue weighted by Crippen LogP contribution is 2.12. The van der Waals surface area contributed by atoms with Gasteiger partial charge in [-0.2, -0.15) is 5.10 Å². The lowest BCUT2D eigenvalue weighted by molar-refractivity contribution is 0.457. The summed E-state index contributed by atoms with van der Waals surface area (Å²) >= 11 is 0. The number of nitrogens with one attached hydrogen (secondary N) is 2. The average Bonchev–Trinajstić information content (AvgIpc) is 2.76. The third-order valence-corrected chi connectivity index (χ3v) is 2.03. The van der Waals surface area contributed by atoms with Crippen molar-refractivity contribution < 1.29 is 4.42 Å². The fraction of sp³-hybridized carbons (Fsp3) is 0.400. The molecule has 0 radical (unpaired) electrons. The molecule has 2 heterocycles. The van der Waals surface area contributed by atoms with Gasteiger partial charge in [-0.3, -0.25) is 4.79 Å². The van der Waals surface area contributed by atoms with Crippen LogP contribution in [-0.4, -0.2) is 26.4 Å². The number of nitrogens with zero attached hydrogens (tertiary/aromatic N) is 3. The highest BCUT2D eigenvalue weighted by Gasteiger charge is 2.09. The van der Waals surface area contributed by atoms with Crippen molar-refractivity contribution in [2.45, 2.75) is 26.4 Å². The largest absolute Gasteiger partial charge is 0.418 e. The van der Waals surface area contributed by atoms with E-state index in [1.807, 2.05) is 13.8 Å². The van der Waals surface area contributed by atoms with Crippen LogP contribution in [0.2, 0.25) is 0 Å². The first-order chi connectivity index (χ1) is 8.15. The fourth-order valence-electron chi connectivity index (χ4n) is 1.18. The lowest BCUT2D eigenvalue weighted by Crippen LogP contribution is -2.21. The van der Waals surface area contributed by atoms with Gasteiger partial charge in [0.1, 0.15) is 5.69 Å². The molecule has 7 nitrogen and oxygen atoms in total. The van der Waals surface area contributed by atoms with Crippen molar-refractivity contribution in [1.29, 1.82) is 0 Å². The second-order valence-corrected chi connectivity index (χ2v) is 3.84. The van der Waals surface area contributed by atoms with Gasteiger partial charge in [0.05, 0.1) is 6.54 Å². The molecule has 0 amide bonds. The monoisotopic (exact) mass is 235 g/mol. The summed E-state index contributed by atoms with van der Waals surface area (Å²) in [5.41, 5.74) is 0.183. The molecule has 0 aliphatic rings. The summed E-state index contributed by atoms with van der Waals surface area (Å²) in [6.45, 7) is 4.57. The van der Waals surface area contributed by atoms with Gasteiger partial charge in [-0.25, -0.2) is 5.10 Å². The Labute approximate surface area is 97.3 Å². The minimum absolute atomic E-state index is 0.269. The maximum atomic E-state index is 10.8. The number of aromatic nitrogens is 4. The number of aromatic amines is 1. The number of hydrogen-bond acceptors (Lipinski definition) is 6. The number of rotatable bonds is 4. The van der Waals surface area contributed by atoms with Gasteiger partial charge in [-0.15, -0.1) is 10.2 Å². The second-order valence-electron chi connectivity index (χ2n) is 3.84. The molecule has 0 aliphatic heterocycles. The van der Waals surface area contributed by atoms with E-state index < -0.39 is 0 Å². The molecule has 0 atom stereocenters. The molecule has 2 aromatic rings. The first-order valence-corrected chi connectivity index (χ1v) is 5.27. The van der Waals surface area contributed by atoms with Crippen molar-refractivity contribution in [3.8, 4) is 11.6 Å². The van der Waals surface area contributed by atoms with Gasteiger partial charge in [0, 0.05) is 12.1 Å². The van der Waals surface area contributed by atoms with E-state index >= 15 is 0 Å². The van der Waals surface area contributed by atoms with Crippen LogP contribution in [0.1, 0.15) is 19.7 Å². The van der Waals surface area contributed by atoms with Crippen LogP contribution >= 0.6 is 0 Å². The van der Waals surface area contributed by atoms with E-state index in [-0.39, 0.29) is 5.56 Å². The van der Waals surface area contributed by atoms with Crippen LogP contribution in [0.5, 0.6) is 0 Å². The van der Waals surface area contributed by atoms with E-state index in [1.54, 1.807) is 0 Å². The Kier molecular flexibility index (Phi) is 3.29. The predicted octanol–water partition coefficient (Wildman–Crippen LogP) is 0.318. The van der Waals surface area contributed by atoms with Crippen molar-refractivity contribution in [2.75, 3.05) is 0 Å². The van der Waals surface area contributed by atoms with Gasteiger partial charge in [0.25, 0.3) is 11.4 Å². The molecular formula is C10H13N5O2. The molecule has 0 saturated carbocycles. The maximum absolute atomic E-state index is 10.8. The van der Waals surface area contributed by atoms with Crippen LogP contribution in [0, 0.1) is 0 Å². The molecule has 0 saturated heterocycles. The predicted molar refractivity (Wildman–Crippen MR) is 60.1 cm³/mol. The van der Waals surface area contributed by atoms with Gasteiger partial charge in [-0.05, 0) is 6.07 Å². The molecule has 2 N–H and O–H groups in total. The molecule has 90 valence electrons. The Bertz CT molecular complexity index is 525. The Morgan fingerprint density at radius 1 is 1.41 bits per heavy atom. The first kappa shape index (κ1) is 11.5. The lowest BCUT2D eigenvalue weighted by atomic mass is 10.4. The zero-order valence-corrected chi connectivity index (χ0v) is 9.60. The summed E-state index contributed by atoms with van der Waals surface area (Å²) in [7, 11) is 0. The van der Waals surface area contributed by atoms with Crippen LogP contribution in [0.3, 0.4) is 0 Å². The highest BCUT2D eigenvalue weighted by molar-refractivity contribution is 5.43. The van der Waals surface area contributed by atoms with Crippen molar-refractivity contribution in [2.24, 2.45) is 0 Å². The van der Waals surface area contributed by atoms with E-state index in [4.69, 9.17) is 4.42 Å². The van der Waals surface area contributed by atoms with E-state index in [1.165, 1.54) is 12.1 Å². The van der Waals surface area contributed by atoms with E-state index in [9.17, 15) is 4.79 Å². The topological polar surface area (TPSA) is 96.7 Å². The van der Waals surface area contributed by atoms with E-state index in [0.29, 0.717) is 30.1 Å². The zero-order chi connectivity index (χ0) is 12.3. The normalized spacial score (nSPS) is 11.0. The minimum Gasteiger partial charge on any atom is -0.418 e. The number of H-pyrrole nitrogens is 1. The molecule has 17 heavy (non-hydrogen) atoms. The summed E-state index contributed by atoms with van der Waals surface area (Å²) < 4.78 is 5.39. The molecule has 2 aromatic heterocycles. The molecule has 0 spiro atoms. The van der Waals surface area contributed by atoms with Gasteiger partial charge in [-0.1, -0.05) is 13.8 Å². The smallest absolute Gasteiger partial charge is 0.268 e. The van der Waals surface area contributed by atoms with E-state index in [2.05, 4.69) is 25.7 Å². The number of hydrogen-bond donors (Lipinski definition) is 2. The van der Waals surface area contributed by atoms with E-state index in [0.717, 1.165) is 0 Å². The lowest BCUT2D eigenvalue weighted by Gasteiger charge is -2.03. The van der Waals surface area contributed by atoms with Crippen LogP contribution in [0.25, 0.3) is 11.6 Å². The van der Waals surface area contributed by atoms with Crippen molar-refractivity contribution in [3.63, 3.8) is 0 Å². The molecule has 0 aliphatic carbocycles. The standard InChI is InChI=1S/C10H13N5O2/c1-6(2)11-5-9-14-15-10(17-9)7-3-4-8(16)13-12-7/h3-4,6,11H,5H2,1-2H3,(H,13,16). The fourth-order valence-corrected chi connectivity index (χ4v) is 1.18. The Morgan fingerprint density at radius 2 is 2.24 bits per heavy atom. The third-order valence-electron chi connectivity index (χ3n) is 2.03. The van der Waals surface area contributed by atoms with Gasteiger partial charge >= 0.3 is 0 Å². The van der Waals surface area contributed by atoms with Crippen LogP contribution < -0.4 is 10.9 Å². The zero-order valence-electron chi connectivity index (χ0n) is 9.60. The summed E-state index contributed by atoms with van der Waals surface area (Å²) in [6.07, 6.45) is 0. The second kappa shape index (κ2) is 4.88. The Hall–Kier alpha value is -2.02. The van der Waals surface area contributed by atoms with Crippen molar-refractivity contribution >= 4 is 0 Å². The Balaban J connectivity index is 2.12. The molecule has 2 rings (SSSR count). The molecule has 0 aromatic carbocycles. The third kappa shape index (κ3) is 2.97. The minimum atomic E-state index is -0.269. The van der Waals surface area contributed by atoms with Gasteiger partial charge in [0.15, 0.2) is 0 Å². The summed E-state index contributed by atoms with van der Waals surface area (Å²) in [5, 5.41) is 17.0. The molecule has 0 unspecified atom stereocenters. The maximum Gasteiger partial charge on any atom is 0.268 e. The van der Waals surface area contributed by atoms with Crippen LogP contribution in [-0.2, 0) is 6.54 Å².